The summed E-state index contributed by atoms with van der Waals surface area (Å²) in [5.41, 5.74) is 5.79. The van der Waals surface area contributed by atoms with Crippen LogP contribution >= 0.6 is 0 Å². The van der Waals surface area contributed by atoms with Crippen LogP contribution in [0.5, 0.6) is 0 Å². The monoisotopic (exact) mass is 201 g/mol. The quantitative estimate of drug-likeness (QED) is 0.682. The highest BCUT2D eigenvalue weighted by atomic mass is 16.5. The zero-order valence-electron chi connectivity index (χ0n) is 8.86. The number of hydrogen-bond donors (Lipinski definition) is 1. The van der Waals surface area contributed by atoms with Crippen LogP contribution in [0, 0.1) is 5.92 Å². The largest absolute Gasteiger partial charge is 0.468 e. The van der Waals surface area contributed by atoms with Gasteiger partial charge in [0.2, 0.25) is 0 Å². The summed E-state index contributed by atoms with van der Waals surface area (Å²) in [6.45, 7) is 0. The van der Waals surface area contributed by atoms with Crippen molar-refractivity contribution in [2.45, 2.75) is 37.8 Å². The van der Waals surface area contributed by atoms with Crippen molar-refractivity contribution in [2.24, 2.45) is 11.7 Å². The normalized spacial score (nSPS) is 29.6. The predicted octanol–water partition coefficient (Wildman–Crippen LogP) is 0.692. The van der Waals surface area contributed by atoms with Gasteiger partial charge in [-0.25, -0.2) is 0 Å². The molecule has 0 bridgehead atoms. The number of carbonyl (C=O) groups is 1. The number of ether oxygens (including phenoxy) is 2. The molecule has 14 heavy (non-hydrogen) atoms. The van der Waals surface area contributed by atoms with E-state index in [-0.39, 0.29) is 18.0 Å². The molecule has 4 heteroatoms. The highest BCUT2D eigenvalue weighted by Crippen LogP contribution is 2.28. The maximum Gasteiger partial charge on any atom is 0.322 e. The Morgan fingerprint density at radius 2 is 2.14 bits per heavy atom. The molecule has 0 aromatic heterocycles. The van der Waals surface area contributed by atoms with E-state index in [1.165, 1.54) is 7.11 Å². The SMILES string of the molecule is COC(=O)[C@H](N)[C@H]1CCC[C@@H](OC)C1. The van der Waals surface area contributed by atoms with Crippen molar-refractivity contribution in [3.63, 3.8) is 0 Å². The van der Waals surface area contributed by atoms with Gasteiger partial charge in [-0.15, -0.1) is 0 Å². The molecule has 0 heterocycles. The number of methoxy groups -OCH3 is 2. The minimum Gasteiger partial charge on any atom is -0.468 e. The van der Waals surface area contributed by atoms with Crippen LogP contribution in [-0.4, -0.2) is 32.3 Å². The second kappa shape index (κ2) is 5.32. The van der Waals surface area contributed by atoms with Gasteiger partial charge in [-0.2, -0.15) is 0 Å². The third kappa shape index (κ3) is 2.69. The standard InChI is InChI=1S/C10H19NO3/c1-13-8-5-3-4-7(6-8)9(11)10(12)14-2/h7-9H,3-6,11H2,1-2H3/t7-,8+,9+/m0/s1. The first kappa shape index (κ1) is 11.5. The zero-order chi connectivity index (χ0) is 10.6. The Hall–Kier alpha value is -0.610. The molecule has 1 rings (SSSR count). The topological polar surface area (TPSA) is 61.5 Å². The molecule has 1 saturated carbocycles. The zero-order valence-corrected chi connectivity index (χ0v) is 8.86. The number of rotatable bonds is 3. The van der Waals surface area contributed by atoms with E-state index < -0.39 is 6.04 Å². The van der Waals surface area contributed by atoms with Gasteiger partial charge in [0.25, 0.3) is 0 Å². The minimum atomic E-state index is -0.488. The average Bonchev–Trinajstić information content (AvgIpc) is 2.27. The van der Waals surface area contributed by atoms with E-state index in [4.69, 9.17) is 10.5 Å². The first-order chi connectivity index (χ1) is 6.69. The molecule has 0 aromatic carbocycles. The van der Waals surface area contributed by atoms with Crippen LogP contribution in [0.4, 0.5) is 0 Å². The first-order valence-electron chi connectivity index (χ1n) is 5.05. The molecular formula is C10H19NO3. The van der Waals surface area contributed by atoms with Crippen LogP contribution in [0.25, 0.3) is 0 Å². The molecule has 0 aromatic rings. The fraction of sp³-hybridized carbons (Fsp3) is 0.900. The molecule has 0 unspecified atom stereocenters. The lowest BCUT2D eigenvalue weighted by Gasteiger charge is -2.30. The Bertz CT molecular complexity index is 196. The van der Waals surface area contributed by atoms with Gasteiger partial charge in [0, 0.05) is 7.11 Å². The Morgan fingerprint density at radius 3 is 2.71 bits per heavy atom. The van der Waals surface area contributed by atoms with Gasteiger partial charge in [0.15, 0.2) is 0 Å². The molecule has 1 fully saturated rings. The summed E-state index contributed by atoms with van der Waals surface area (Å²) in [5, 5.41) is 0. The Balaban J connectivity index is 2.46. The van der Waals surface area contributed by atoms with E-state index in [9.17, 15) is 4.79 Å². The van der Waals surface area contributed by atoms with E-state index in [1.807, 2.05) is 0 Å². The summed E-state index contributed by atoms with van der Waals surface area (Å²) in [6, 6.07) is -0.488. The molecule has 0 radical (unpaired) electrons. The second-order valence-electron chi connectivity index (χ2n) is 3.83. The molecule has 4 nitrogen and oxygen atoms in total. The fourth-order valence-electron chi connectivity index (χ4n) is 2.05. The Morgan fingerprint density at radius 1 is 1.43 bits per heavy atom. The van der Waals surface area contributed by atoms with Crippen molar-refractivity contribution in [1.82, 2.24) is 0 Å². The van der Waals surface area contributed by atoms with Gasteiger partial charge < -0.3 is 15.2 Å². The Kier molecular flexibility index (Phi) is 4.35. The van der Waals surface area contributed by atoms with Crippen LogP contribution in [0.2, 0.25) is 0 Å². The molecule has 0 amide bonds. The van der Waals surface area contributed by atoms with E-state index in [0.717, 1.165) is 25.7 Å². The van der Waals surface area contributed by atoms with Crippen molar-refractivity contribution in [3.8, 4) is 0 Å². The smallest absolute Gasteiger partial charge is 0.322 e. The van der Waals surface area contributed by atoms with Gasteiger partial charge in [-0.05, 0) is 25.2 Å². The first-order valence-corrected chi connectivity index (χ1v) is 5.05. The second-order valence-corrected chi connectivity index (χ2v) is 3.83. The van der Waals surface area contributed by atoms with Gasteiger partial charge in [0.1, 0.15) is 6.04 Å². The van der Waals surface area contributed by atoms with Crippen LogP contribution in [-0.2, 0) is 14.3 Å². The van der Waals surface area contributed by atoms with E-state index in [1.54, 1.807) is 7.11 Å². The van der Waals surface area contributed by atoms with Gasteiger partial charge in [-0.3, -0.25) is 4.79 Å². The fourth-order valence-corrected chi connectivity index (χ4v) is 2.05. The molecule has 1 aliphatic rings. The number of carbonyl (C=O) groups excluding carboxylic acids is 1. The lowest BCUT2D eigenvalue weighted by Crippen LogP contribution is -2.42. The third-order valence-electron chi connectivity index (χ3n) is 2.98. The highest BCUT2D eigenvalue weighted by molar-refractivity contribution is 5.75. The summed E-state index contributed by atoms with van der Waals surface area (Å²) in [5.74, 6) is -0.104. The number of esters is 1. The van der Waals surface area contributed by atoms with Crippen LogP contribution in [0.3, 0.4) is 0 Å². The molecule has 2 N–H and O–H groups in total. The van der Waals surface area contributed by atoms with Crippen molar-refractivity contribution in [2.75, 3.05) is 14.2 Å². The third-order valence-corrected chi connectivity index (χ3v) is 2.98. The molecule has 3 atom stereocenters. The summed E-state index contributed by atoms with van der Waals surface area (Å²) in [6.07, 6.45) is 4.27. The Labute approximate surface area is 84.7 Å². The summed E-state index contributed by atoms with van der Waals surface area (Å²) >= 11 is 0. The van der Waals surface area contributed by atoms with Crippen LogP contribution < -0.4 is 5.73 Å². The van der Waals surface area contributed by atoms with E-state index >= 15 is 0 Å². The van der Waals surface area contributed by atoms with Gasteiger partial charge in [0.05, 0.1) is 13.2 Å². The lowest BCUT2D eigenvalue weighted by atomic mass is 9.82. The number of nitrogens with two attached hydrogens (primary N) is 1. The van der Waals surface area contributed by atoms with E-state index in [2.05, 4.69) is 4.74 Å². The van der Waals surface area contributed by atoms with Crippen LogP contribution in [0.1, 0.15) is 25.7 Å². The maximum atomic E-state index is 11.2. The van der Waals surface area contributed by atoms with Crippen molar-refractivity contribution in [3.05, 3.63) is 0 Å². The number of hydrogen-bond acceptors (Lipinski definition) is 4. The molecule has 0 saturated heterocycles. The molecule has 0 aliphatic heterocycles. The molecule has 82 valence electrons. The summed E-state index contributed by atoms with van der Waals surface area (Å²) in [4.78, 5) is 11.2. The van der Waals surface area contributed by atoms with Crippen LogP contribution in [0.15, 0.2) is 0 Å². The molecule has 1 aliphatic carbocycles. The van der Waals surface area contributed by atoms with E-state index in [0.29, 0.717) is 0 Å². The lowest BCUT2D eigenvalue weighted by molar-refractivity contribution is -0.144. The molecular weight excluding hydrogens is 182 g/mol. The predicted molar refractivity (Wildman–Crippen MR) is 52.7 cm³/mol. The highest BCUT2D eigenvalue weighted by Gasteiger charge is 2.30. The van der Waals surface area contributed by atoms with Crippen molar-refractivity contribution >= 4 is 5.97 Å². The average molecular weight is 201 g/mol. The summed E-state index contributed by atoms with van der Waals surface area (Å²) < 4.78 is 9.91. The van der Waals surface area contributed by atoms with Crippen molar-refractivity contribution in [1.29, 1.82) is 0 Å². The molecule has 0 spiro atoms. The maximum absolute atomic E-state index is 11.2. The van der Waals surface area contributed by atoms with Gasteiger partial charge in [-0.1, -0.05) is 6.42 Å². The summed E-state index contributed by atoms with van der Waals surface area (Å²) in [7, 11) is 3.08. The minimum absolute atomic E-state index is 0.209. The van der Waals surface area contributed by atoms with Gasteiger partial charge >= 0.3 is 5.97 Å². The van der Waals surface area contributed by atoms with Crippen molar-refractivity contribution < 1.29 is 14.3 Å².